The van der Waals surface area contributed by atoms with Crippen molar-refractivity contribution in [3.05, 3.63) is 124 Å². The summed E-state index contributed by atoms with van der Waals surface area (Å²) in [5.41, 5.74) is 2.74. The molecule has 0 bridgehead atoms. The maximum Gasteiger partial charge on any atom is 0.410 e. The zero-order chi connectivity index (χ0) is 31.8. The Morgan fingerprint density at radius 2 is 1.60 bits per heavy atom. The molecule has 0 spiro atoms. The van der Waals surface area contributed by atoms with Crippen molar-refractivity contribution in [2.45, 2.75) is 50.3 Å². The molecule has 2 aliphatic rings. The van der Waals surface area contributed by atoms with E-state index >= 15 is 0 Å². The van der Waals surface area contributed by atoms with Crippen LogP contribution in [0.1, 0.15) is 53.1 Å². The number of carbonyl (C=O) groups excluding carboxylic acids is 2. The molecule has 9 heteroatoms. The van der Waals surface area contributed by atoms with Gasteiger partial charge >= 0.3 is 6.09 Å². The molecule has 45 heavy (non-hydrogen) atoms. The van der Waals surface area contributed by atoms with Crippen molar-refractivity contribution >= 4 is 17.7 Å². The largest absolute Gasteiger partial charge is 0.445 e. The summed E-state index contributed by atoms with van der Waals surface area (Å²) < 4.78 is 5.60. The van der Waals surface area contributed by atoms with E-state index in [1.54, 1.807) is 23.1 Å². The summed E-state index contributed by atoms with van der Waals surface area (Å²) in [6, 6.07) is 26.4. The average molecular weight is 611 g/mol. The molecule has 2 fully saturated rings. The quantitative estimate of drug-likeness (QED) is 0.139. The minimum Gasteiger partial charge on any atom is -0.445 e. The van der Waals surface area contributed by atoms with Gasteiger partial charge in [-0.2, -0.15) is 0 Å². The number of amides is 2. The molecule has 3 aromatic rings. The maximum absolute atomic E-state index is 13.3. The number of ether oxygens (including phenoxy) is 1. The lowest BCUT2D eigenvalue weighted by atomic mass is 9.88. The molecule has 1 heterocycles. The van der Waals surface area contributed by atoms with Crippen LogP contribution in [0.15, 0.2) is 97.6 Å². The zero-order valence-electron chi connectivity index (χ0n) is 25.9. The van der Waals surface area contributed by atoms with Gasteiger partial charge in [0.05, 0.1) is 4.92 Å². The predicted octanol–water partition coefficient (Wildman–Crippen LogP) is 6.52. The summed E-state index contributed by atoms with van der Waals surface area (Å²) >= 11 is 0. The maximum atomic E-state index is 13.3. The van der Waals surface area contributed by atoms with Crippen LogP contribution < -0.4 is 0 Å². The Kier molecular flexibility index (Phi) is 10.6. The number of carbonyl (C=O) groups is 2. The lowest BCUT2D eigenvalue weighted by molar-refractivity contribution is -0.384. The number of nitro groups is 1. The highest BCUT2D eigenvalue weighted by Gasteiger charge is 2.40. The van der Waals surface area contributed by atoms with Crippen molar-refractivity contribution in [3.63, 3.8) is 0 Å². The van der Waals surface area contributed by atoms with Crippen molar-refractivity contribution in [2.75, 3.05) is 33.2 Å². The second-order valence-corrected chi connectivity index (χ2v) is 12.1. The fourth-order valence-electron chi connectivity index (χ4n) is 6.87. The van der Waals surface area contributed by atoms with Gasteiger partial charge in [0.2, 0.25) is 0 Å². The first kappa shape index (κ1) is 31.9. The molecule has 3 atom stereocenters. The number of piperidine rings is 1. The van der Waals surface area contributed by atoms with Crippen molar-refractivity contribution in [2.24, 2.45) is 5.92 Å². The second-order valence-electron chi connectivity index (χ2n) is 12.1. The highest BCUT2D eigenvalue weighted by molar-refractivity contribution is 5.94. The Bertz CT molecular complexity index is 1440. The third-order valence-electron chi connectivity index (χ3n) is 9.35. The fourth-order valence-corrected chi connectivity index (χ4v) is 6.87. The lowest BCUT2D eigenvalue weighted by Crippen LogP contribution is -2.48. The smallest absolute Gasteiger partial charge is 0.410 e. The number of likely N-dealkylation sites (tertiary alicyclic amines) is 1. The predicted molar refractivity (Wildman–Crippen MR) is 174 cm³/mol. The van der Waals surface area contributed by atoms with E-state index in [9.17, 15) is 19.7 Å². The van der Waals surface area contributed by atoms with Gasteiger partial charge in [0, 0.05) is 63.0 Å². The summed E-state index contributed by atoms with van der Waals surface area (Å²) in [6.45, 7) is 6.98. The molecular weight excluding hydrogens is 568 g/mol. The van der Waals surface area contributed by atoms with Crippen molar-refractivity contribution in [1.29, 1.82) is 0 Å². The van der Waals surface area contributed by atoms with Crippen molar-refractivity contribution < 1.29 is 19.2 Å². The molecule has 1 saturated heterocycles. The number of hydrogen-bond acceptors (Lipinski definition) is 6. The van der Waals surface area contributed by atoms with Crippen LogP contribution in [0.2, 0.25) is 0 Å². The highest BCUT2D eigenvalue weighted by Crippen LogP contribution is 2.42. The first-order chi connectivity index (χ1) is 21.8. The molecule has 0 N–H and O–H groups in total. The SMILES string of the molecule is C=CCN(C(=O)OCc1ccc([N+](=O)[O-])cc1)C1CCN(C[C@H]2C[C@@H](N(C)C(=O)c3ccccc3)C[C@@H]2c2ccccc2)CC1. The summed E-state index contributed by atoms with van der Waals surface area (Å²) in [5.74, 6) is 0.846. The number of rotatable bonds is 11. The van der Waals surface area contributed by atoms with E-state index in [0.717, 1.165) is 50.9 Å². The van der Waals surface area contributed by atoms with Crippen LogP contribution in [0.5, 0.6) is 0 Å². The van der Waals surface area contributed by atoms with E-state index in [2.05, 4.69) is 35.7 Å². The standard InChI is InChI=1S/C36H42N4O5/c1-3-20-39(36(42)45-26-27-14-16-32(17-15-27)40(43)44)31-18-21-38(22-19-31)25-30-23-33(24-34(30)28-10-6-4-7-11-28)37(2)35(41)29-12-8-5-9-13-29/h3-17,30-31,33-34H,1,18-26H2,2H3/t30-,33-,34-/m1/s1. The first-order valence-corrected chi connectivity index (χ1v) is 15.7. The molecule has 2 amide bonds. The molecule has 236 valence electrons. The van der Waals surface area contributed by atoms with Crippen LogP contribution in [0, 0.1) is 16.0 Å². The number of non-ortho nitro benzene ring substituents is 1. The van der Waals surface area contributed by atoms with Crippen LogP contribution in [0.4, 0.5) is 10.5 Å². The molecule has 0 unspecified atom stereocenters. The number of nitrogens with zero attached hydrogens (tertiary/aromatic N) is 4. The van der Waals surface area contributed by atoms with Crippen LogP contribution in [-0.4, -0.2) is 76.9 Å². The van der Waals surface area contributed by atoms with Gasteiger partial charge in [0.25, 0.3) is 11.6 Å². The molecule has 1 aliphatic carbocycles. The topological polar surface area (TPSA) is 96.2 Å². The normalized spacial score (nSPS) is 20.3. The molecule has 0 radical (unpaired) electrons. The highest BCUT2D eigenvalue weighted by atomic mass is 16.6. The average Bonchev–Trinajstić information content (AvgIpc) is 3.50. The Morgan fingerprint density at radius 1 is 0.956 bits per heavy atom. The number of nitro benzene ring substituents is 1. The van der Waals surface area contributed by atoms with Gasteiger partial charge < -0.3 is 19.4 Å². The molecular formula is C36H42N4O5. The minimum atomic E-state index is -0.452. The van der Waals surface area contributed by atoms with E-state index in [-0.39, 0.29) is 30.3 Å². The second kappa shape index (κ2) is 15.0. The Balaban J connectivity index is 1.18. The van der Waals surface area contributed by atoms with Crippen LogP contribution in [0.25, 0.3) is 0 Å². The van der Waals surface area contributed by atoms with Crippen molar-refractivity contribution in [3.8, 4) is 0 Å². The van der Waals surface area contributed by atoms with E-state index < -0.39 is 11.0 Å². The Morgan fingerprint density at radius 3 is 2.22 bits per heavy atom. The van der Waals surface area contributed by atoms with E-state index in [1.807, 2.05) is 48.3 Å². The molecule has 0 aromatic heterocycles. The van der Waals surface area contributed by atoms with Crippen molar-refractivity contribution in [1.82, 2.24) is 14.7 Å². The van der Waals surface area contributed by atoms with Gasteiger partial charge in [-0.15, -0.1) is 6.58 Å². The number of benzene rings is 3. The monoisotopic (exact) mass is 610 g/mol. The minimum absolute atomic E-state index is 0.000951. The first-order valence-electron chi connectivity index (χ1n) is 15.7. The van der Waals surface area contributed by atoms with E-state index in [1.165, 1.54) is 17.7 Å². The van der Waals surface area contributed by atoms with Crippen LogP contribution >= 0.6 is 0 Å². The van der Waals surface area contributed by atoms with Crippen LogP contribution in [0.3, 0.4) is 0 Å². The Labute approximate surface area is 265 Å². The van der Waals surface area contributed by atoms with Gasteiger partial charge in [-0.1, -0.05) is 54.6 Å². The Hall–Kier alpha value is -4.50. The molecule has 1 aliphatic heterocycles. The summed E-state index contributed by atoms with van der Waals surface area (Å²) in [5, 5.41) is 10.9. The van der Waals surface area contributed by atoms with Gasteiger partial charge in [-0.05, 0) is 72.9 Å². The van der Waals surface area contributed by atoms with Gasteiger partial charge in [0.1, 0.15) is 6.61 Å². The fraction of sp³-hybridized carbons (Fsp3) is 0.389. The third kappa shape index (κ3) is 7.97. The van der Waals surface area contributed by atoms with Gasteiger partial charge in [-0.3, -0.25) is 14.9 Å². The summed E-state index contributed by atoms with van der Waals surface area (Å²) in [7, 11) is 1.94. The lowest BCUT2D eigenvalue weighted by Gasteiger charge is -2.39. The summed E-state index contributed by atoms with van der Waals surface area (Å²) in [4.78, 5) is 43.0. The molecule has 1 saturated carbocycles. The third-order valence-corrected chi connectivity index (χ3v) is 9.35. The zero-order valence-corrected chi connectivity index (χ0v) is 25.9. The van der Waals surface area contributed by atoms with Gasteiger partial charge in [0.15, 0.2) is 0 Å². The van der Waals surface area contributed by atoms with E-state index in [0.29, 0.717) is 23.9 Å². The summed E-state index contributed by atoms with van der Waals surface area (Å²) in [6.07, 6.45) is 4.87. The number of hydrogen-bond donors (Lipinski definition) is 0. The molecule has 5 rings (SSSR count). The molecule has 3 aromatic carbocycles. The van der Waals surface area contributed by atoms with Gasteiger partial charge in [-0.25, -0.2) is 4.79 Å². The van der Waals surface area contributed by atoms with Crippen LogP contribution in [-0.2, 0) is 11.3 Å². The van der Waals surface area contributed by atoms with E-state index in [4.69, 9.17) is 4.74 Å². The molecule has 9 nitrogen and oxygen atoms in total.